The van der Waals surface area contributed by atoms with Crippen molar-refractivity contribution < 1.29 is 14.7 Å². The van der Waals surface area contributed by atoms with Crippen molar-refractivity contribution in [2.45, 2.75) is 26.8 Å². The van der Waals surface area contributed by atoms with Crippen LogP contribution in [0.25, 0.3) is 0 Å². The summed E-state index contributed by atoms with van der Waals surface area (Å²) >= 11 is 0. The summed E-state index contributed by atoms with van der Waals surface area (Å²) in [5.74, 6) is 0. The van der Waals surface area contributed by atoms with Gasteiger partial charge >= 0.3 is 7.32 Å². The molecule has 0 aromatic heterocycles. The predicted molar refractivity (Wildman–Crippen MR) is 70.5 cm³/mol. The molecule has 0 fully saturated rings. The minimum Gasteiger partial charge on any atom is -0.402 e. The zero-order valence-corrected chi connectivity index (χ0v) is 10.8. The fraction of sp³-hybridized carbons (Fsp3) is 0.500. The summed E-state index contributed by atoms with van der Waals surface area (Å²) in [4.78, 5) is 0. The van der Waals surface area contributed by atoms with E-state index in [1.54, 1.807) is 0 Å². The summed E-state index contributed by atoms with van der Waals surface area (Å²) in [6.45, 7) is 7.05. The van der Waals surface area contributed by atoms with Gasteiger partial charge in [-0.2, -0.15) is 0 Å². The van der Waals surface area contributed by atoms with Crippen molar-refractivity contribution in [3.63, 3.8) is 0 Å². The van der Waals surface area contributed by atoms with E-state index in [9.17, 15) is 0 Å². The Kier molecular flexibility index (Phi) is 9.76. The van der Waals surface area contributed by atoms with E-state index in [1.165, 1.54) is 5.56 Å². The standard InChI is InChI=1S/C7H8.C5H14BNO3/c1-7-5-3-2-4-6-7;1-5(2)7-3-4-10-6(8)9/h2-6H,1H3;5,7-9H,3-4H2,1-2H3. The van der Waals surface area contributed by atoms with Crippen LogP contribution in [0.5, 0.6) is 0 Å². The quantitative estimate of drug-likeness (QED) is 0.529. The topological polar surface area (TPSA) is 61.7 Å². The lowest BCUT2D eigenvalue weighted by Gasteiger charge is -2.07. The highest BCUT2D eigenvalue weighted by molar-refractivity contribution is 6.32. The molecular weight excluding hydrogens is 217 g/mol. The van der Waals surface area contributed by atoms with Crippen LogP contribution in [-0.4, -0.2) is 36.6 Å². The maximum atomic E-state index is 8.22. The first-order valence-corrected chi connectivity index (χ1v) is 5.75. The molecule has 0 aliphatic heterocycles. The molecule has 1 rings (SSSR count). The van der Waals surface area contributed by atoms with Crippen LogP contribution in [0.15, 0.2) is 30.3 Å². The molecule has 0 heterocycles. The summed E-state index contributed by atoms with van der Waals surface area (Å²) in [6, 6.07) is 10.7. The Balaban J connectivity index is 0.000000318. The van der Waals surface area contributed by atoms with Gasteiger partial charge < -0.3 is 20.0 Å². The molecule has 0 saturated carbocycles. The van der Waals surface area contributed by atoms with Gasteiger partial charge in [0.15, 0.2) is 0 Å². The molecule has 0 aliphatic rings. The van der Waals surface area contributed by atoms with E-state index in [0.29, 0.717) is 19.2 Å². The Morgan fingerprint density at radius 3 is 2.18 bits per heavy atom. The van der Waals surface area contributed by atoms with Gasteiger partial charge in [0.25, 0.3) is 0 Å². The summed E-state index contributed by atoms with van der Waals surface area (Å²) in [6.07, 6.45) is 0. The predicted octanol–water partition coefficient (Wildman–Crippen LogP) is 0.966. The summed E-state index contributed by atoms with van der Waals surface area (Å²) in [5, 5.41) is 19.5. The summed E-state index contributed by atoms with van der Waals surface area (Å²) in [5.41, 5.74) is 1.32. The van der Waals surface area contributed by atoms with Gasteiger partial charge in [-0.15, -0.1) is 0 Å². The summed E-state index contributed by atoms with van der Waals surface area (Å²) in [7, 11) is -1.64. The average molecular weight is 239 g/mol. The Morgan fingerprint density at radius 2 is 1.82 bits per heavy atom. The smallest absolute Gasteiger partial charge is 0.402 e. The molecule has 0 radical (unpaired) electrons. The number of aryl methyl sites for hydroxylation is 1. The SMILES string of the molecule is CC(C)NCCOB(O)O.Cc1ccccc1. The first-order valence-electron chi connectivity index (χ1n) is 5.75. The molecule has 0 unspecified atom stereocenters. The number of hydrogen-bond acceptors (Lipinski definition) is 4. The van der Waals surface area contributed by atoms with Crippen LogP contribution in [0, 0.1) is 6.92 Å². The van der Waals surface area contributed by atoms with Crippen molar-refractivity contribution in [2.75, 3.05) is 13.2 Å². The van der Waals surface area contributed by atoms with Crippen LogP contribution in [0.2, 0.25) is 0 Å². The van der Waals surface area contributed by atoms with Crippen LogP contribution >= 0.6 is 0 Å². The maximum absolute atomic E-state index is 8.22. The molecule has 5 heteroatoms. The first kappa shape index (κ1) is 16.1. The van der Waals surface area contributed by atoms with E-state index < -0.39 is 7.32 Å². The number of nitrogens with one attached hydrogen (secondary N) is 1. The molecule has 0 atom stereocenters. The van der Waals surface area contributed by atoms with Crippen molar-refractivity contribution in [2.24, 2.45) is 0 Å². The largest absolute Gasteiger partial charge is 0.633 e. The van der Waals surface area contributed by atoms with Crippen molar-refractivity contribution in [1.29, 1.82) is 0 Å². The van der Waals surface area contributed by atoms with Crippen molar-refractivity contribution in [3.05, 3.63) is 35.9 Å². The van der Waals surface area contributed by atoms with Gasteiger partial charge in [0.05, 0.1) is 0 Å². The van der Waals surface area contributed by atoms with E-state index in [2.05, 4.69) is 29.0 Å². The van der Waals surface area contributed by atoms with Crippen LogP contribution in [0.4, 0.5) is 0 Å². The molecule has 0 saturated heterocycles. The Bertz CT molecular complexity index is 258. The third kappa shape index (κ3) is 13.1. The molecule has 1 aromatic carbocycles. The van der Waals surface area contributed by atoms with Gasteiger partial charge in [0.2, 0.25) is 0 Å². The number of rotatable bonds is 5. The van der Waals surface area contributed by atoms with Crippen LogP contribution in [-0.2, 0) is 4.65 Å². The Hall–Kier alpha value is -0.875. The van der Waals surface area contributed by atoms with Crippen molar-refractivity contribution in [1.82, 2.24) is 5.32 Å². The third-order valence-electron chi connectivity index (χ3n) is 1.86. The normalized spacial score (nSPS) is 9.76. The van der Waals surface area contributed by atoms with Crippen molar-refractivity contribution in [3.8, 4) is 0 Å². The van der Waals surface area contributed by atoms with E-state index in [-0.39, 0.29) is 0 Å². The average Bonchev–Trinajstić information content (AvgIpc) is 2.26. The molecular formula is C12H22BNO3. The van der Waals surface area contributed by atoms with Crippen LogP contribution in [0.1, 0.15) is 19.4 Å². The molecule has 17 heavy (non-hydrogen) atoms. The fourth-order valence-corrected chi connectivity index (χ4v) is 1.05. The highest BCUT2D eigenvalue weighted by Gasteiger charge is 2.06. The van der Waals surface area contributed by atoms with Gasteiger partial charge in [-0.1, -0.05) is 49.7 Å². The zero-order valence-electron chi connectivity index (χ0n) is 10.8. The lowest BCUT2D eigenvalue weighted by atomic mass is 10.2. The van der Waals surface area contributed by atoms with E-state index >= 15 is 0 Å². The highest BCUT2D eigenvalue weighted by atomic mass is 16.6. The number of benzene rings is 1. The molecule has 96 valence electrons. The molecule has 0 bridgehead atoms. The minimum absolute atomic E-state index is 0.315. The highest BCUT2D eigenvalue weighted by Crippen LogP contribution is 1.92. The second-order valence-electron chi connectivity index (χ2n) is 3.96. The Morgan fingerprint density at radius 1 is 1.24 bits per heavy atom. The molecule has 3 N–H and O–H groups in total. The first-order chi connectivity index (χ1) is 8.02. The molecule has 4 nitrogen and oxygen atoms in total. The molecule has 0 amide bonds. The lowest BCUT2D eigenvalue weighted by Crippen LogP contribution is -2.29. The Labute approximate surface area is 104 Å². The van der Waals surface area contributed by atoms with Crippen LogP contribution in [0.3, 0.4) is 0 Å². The van der Waals surface area contributed by atoms with Crippen LogP contribution < -0.4 is 5.32 Å². The van der Waals surface area contributed by atoms with Gasteiger partial charge in [0, 0.05) is 19.2 Å². The van der Waals surface area contributed by atoms with E-state index in [4.69, 9.17) is 10.0 Å². The van der Waals surface area contributed by atoms with E-state index in [0.717, 1.165) is 0 Å². The summed E-state index contributed by atoms with van der Waals surface area (Å²) < 4.78 is 4.44. The number of hydrogen-bond donors (Lipinski definition) is 3. The van der Waals surface area contributed by atoms with Gasteiger partial charge in [-0.25, -0.2) is 0 Å². The van der Waals surface area contributed by atoms with Gasteiger partial charge in [-0.3, -0.25) is 0 Å². The third-order valence-corrected chi connectivity index (χ3v) is 1.86. The second kappa shape index (κ2) is 10.3. The van der Waals surface area contributed by atoms with Gasteiger partial charge in [0.1, 0.15) is 0 Å². The molecule has 0 aliphatic carbocycles. The minimum atomic E-state index is -1.64. The molecule has 0 spiro atoms. The zero-order chi connectivity index (χ0) is 13.1. The fourth-order valence-electron chi connectivity index (χ4n) is 1.05. The van der Waals surface area contributed by atoms with Gasteiger partial charge in [-0.05, 0) is 6.92 Å². The molecule has 1 aromatic rings. The lowest BCUT2D eigenvalue weighted by molar-refractivity contribution is 0.185. The van der Waals surface area contributed by atoms with E-state index in [1.807, 2.05) is 32.0 Å². The maximum Gasteiger partial charge on any atom is 0.633 e. The second-order valence-corrected chi connectivity index (χ2v) is 3.96. The van der Waals surface area contributed by atoms with Crippen molar-refractivity contribution >= 4 is 7.32 Å². The monoisotopic (exact) mass is 239 g/mol.